The number of nitrogens with two attached hydrogens (primary N) is 1. The minimum atomic E-state index is -0.190. The number of benzene rings is 1. The number of nitrogens with zero attached hydrogens (tertiary/aromatic N) is 5. The van der Waals surface area contributed by atoms with Crippen molar-refractivity contribution in [2.75, 3.05) is 57.8 Å². The van der Waals surface area contributed by atoms with Crippen LogP contribution in [0.3, 0.4) is 0 Å². The predicted octanol–water partition coefficient (Wildman–Crippen LogP) is 1.12. The van der Waals surface area contributed by atoms with Gasteiger partial charge in [-0.2, -0.15) is 0 Å². The zero-order valence-electron chi connectivity index (χ0n) is 18.2. The van der Waals surface area contributed by atoms with Crippen molar-refractivity contribution in [1.82, 2.24) is 19.8 Å². The number of rotatable bonds is 7. The molecule has 0 saturated carbocycles. The van der Waals surface area contributed by atoms with Gasteiger partial charge >= 0.3 is 0 Å². The molecule has 1 unspecified atom stereocenters. The molecular formula is C23H32N6O2. The molecule has 0 spiro atoms. The predicted molar refractivity (Wildman–Crippen MR) is 120 cm³/mol. The Bertz CT molecular complexity index is 848. The van der Waals surface area contributed by atoms with Crippen LogP contribution in [-0.2, 0) is 10.2 Å². The quantitative estimate of drug-likeness (QED) is 0.662. The summed E-state index contributed by atoms with van der Waals surface area (Å²) in [5.74, 6) is 1.76. The Balaban J connectivity index is 1.38. The van der Waals surface area contributed by atoms with Gasteiger partial charge in [-0.15, -0.1) is 0 Å². The van der Waals surface area contributed by atoms with Crippen LogP contribution in [0.4, 0.5) is 5.82 Å². The van der Waals surface area contributed by atoms with Crippen molar-refractivity contribution in [1.29, 1.82) is 0 Å². The van der Waals surface area contributed by atoms with E-state index in [2.05, 4.69) is 36.8 Å². The third kappa shape index (κ3) is 4.56. The van der Waals surface area contributed by atoms with Crippen molar-refractivity contribution in [3.63, 3.8) is 0 Å². The number of aromatic nitrogens is 2. The van der Waals surface area contributed by atoms with E-state index in [4.69, 9.17) is 10.5 Å². The first-order valence-electron chi connectivity index (χ1n) is 11.0. The van der Waals surface area contributed by atoms with Gasteiger partial charge in [0.25, 0.3) is 0 Å². The van der Waals surface area contributed by atoms with Gasteiger partial charge in [-0.3, -0.25) is 14.8 Å². The van der Waals surface area contributed by atoms with Crippen molar-refractivity contribution in [3.8, 4) is 5.75 Å². The first-order valence-corrected chi connectivity index (χ1v) is 11.0. The molecule has 0 aliphatic carbocycles. The first kappa shape index (κ1) is 21.7. The van der Waals surface area contributed by atoms with E-state index < -0.39 is 0 Å². The van der Waals surface area contributed by atoms with E-state index in [1.54, 1.807) is 25.7 Å². The van der Waals surface area contributed by atoms with Gasteiger partial charge in [0.2, 0.25) is 0 Å². The van der Waals surface area contributed by atoms with Gasteiger partial charge < -0.3 is 20.2 Å². The Hall–Kier alpha value is -2.55. The number of carbonyl (C=O) groups excluding carboxylic acids is 1. The summed E-state index contributed by atoms with van der Waals surface area (Å²) in [6.45, 7) is 5.63. The number of hydrogen-bond donors (Lipinski definition) is 1. The van der Waals surface area contributed by atoms with Gasteiger partial charge in [-0.05, 0) is 30.5 Å². The number of anilines is 1. The second kappa shape index (κ2) is 9.72. The summed E-state index contributed by atoms with van der Waals surface area (Å²) in [5, 5.41) is 0. The number of carbonyl (C=O) groups is 1. The minimum absolute atomic E-state index is 0.0663. The minimum Gasteiger partial charge on any atom is -0.497 e. The highest BCUT2D eigenvalue weighted by Crippen LogP contribution is 2.36. The number of aldehydes is 1. The molecule has 31 heavy (non-hydrogen) atoms. The molecule has 4 rings (SSSR count). The molecule has 3 heterocycles. The molecule has 0 radical (unpaired) electrons. The largest absolute Gasteiger partial charge is 0.497 e. The molecule has 2 aliphatic rings. The Morgan fingerprint density at radius 2 is 1.87 bits per heavy atom. The average Bonchev–Trinajstić information content (AvgIpc) is 2.86. The van der Waals surface area contributed by atoms with Crippen molar-refractivity contribution in [2.24, 2.45) is 5.73 Å². The van der Waals surface area contributed by atoms with Crippen LogP contribution in [0.1, 0.15) is 18.4 Å². The van der Waals surface area contributed by atoms with Crippen molar-refractivity contribution in [2.45, 2.75) is 24.4 Å². The van der Waals surface area contributed by atoms with E-state index in [1.165, 1.54) is 5.56 Å². The van der Waals surface area contributed by atoms with Gasteiger partial charge in [0.1, 0.15) is 17.7 Å². The molecule has 2 N–H and O–H groups in total. The second-order valence-corrected chi connectivity index (χ2v) is 8.39. The smallest absolute Gasteiger partial charge is 0.151 e. The highest BCUT2D eigenvalue weighted by molar-refractivity contribution is 5.57. The Morgan fingerprint density at radius 3 is 2.48 bits per heavy atom. The molecule has 2 aromatic rings. The lowest BCUT2D eigenvalue weighted by Gasteiger charge is -2.47. The second-order valence-electron chi connectivity index (χ2n) is 8.39. The summed E-state index contributed by atoms with van der Waals surface area (Å²) in [6, 6.07) is 8.24. The highest BCUT2D eigenvalue weighted by atomic mass is 16.5. The van der Waals surface area contributed by atoms with Crippen LogP contribution in [0.2, 0.25) is 0 Å². The van der Waals surface area contributed by atoms with E-state index >= 15 is 0 Å². The summed E-state index contributed by atoms with van der Waals surface area (Å²) >= 11 is 0. The van der Waals surface area contributed by atoms with E-state index in [0.29, 0.717) is 6.54 Å². The summed E-state index contributed by atoms with van der Waals surface area (Å²) < 4.78 is 5.42. The lowest BCUT2D eigenvalue weighted by molar-refractivity contribution is -0.120. The molecule has 1 atom stereocenters. The monoisotopic (exact) mass is 424 g/mol. The fourth-order valence-corrected chi connectivity index (χ4v) is 4.85. The van der Waals surface area contributed by atoms with Crippen LogP contribution in [-0.4, -0.2) is 85.1 Å². The van der Waals surface area contributed by atoms with Gasteiger partial charge in [-0.1, -0.05) is 12.1 Å². The van der Waals surface area contributed by atoms with Crippen LogP contribution < -0.4 is 15.4 Å². The molecule has 1 aromatic carbocycles. The number of piperidine rings is 1. The third-order valence-corrected chi connectivity index (χ3v) is 6.89. The van der Waals surface area contributed by atoms with Crippen LogP contribution in [0, 0.1) is 0 Å². The average molecular weight is 425 g/mol. The fourth-order valence-electron chi connectivity index (χ4n) is 4.85. The van der Waals surface area contributed by atoms with Crippen LogP contribution in [0.25, 0.3) is 0 Å². The van der Waals surface area contributed by atoms with E-state index in [1.807, 2.05) is 12.1 Å². The zero-order valence-corrected chi connectivity index (χ0v) is 18.2. The molecule has 2 fully saturated rings. The van der Waals surface area contributed by atoms with Gasteiger partial charge in [0.05, 0.1) is 13.3 Å². The lowest BCUT2D eigenvalue weighted by Crippen LogP contribution is -2.59. The van der Waals surface area contributed by atoms with Gasteiger partial charge in [0, 0.05) is 63.6 Å². The summed E-state index contributed by atoms with van der Waals surface area (Å²) in [7, 11) is 1.69. The van der Waals surface area contributed by atoms with Crippen LogP contribution in [0.5, 0.6) is 5.75 Å². The standard InChI is InChI=1S/C23H32N6O2/c1-31-20-4-2-3-19(15-20)23(18-24)5-9-28(10-6-23)22(17-30)29-13-11-27(12-14-29)21-16-25-7-8-26-21/h2-4,7-8,15-17,22H,5-6,9-14,18,24H2,1H3. The molecule has 0 amide bonds. The molecule has 166 valence electrons. The van der Waals surface area contributed by atoms with Crippen molar-refractivity contribution < 1.29 is 9.53 Å². The van der Waals surface area contributed by atoms with Gasteiger partial charge in [0.15, 0.2) is 6.29 Å². The topological polar surface area (TPSA) is 87.8 Å². The van der Waals surface area contributed by atoms with E-state index in [0.717, 1.165) is 70.0 Å². The Kier molecular flexibility index (Phi) is 6.80. The number of ether oxygens (including phenoxy) is 1. The molecular weight excluding hydrogens is 392 g/mol. The van der Waals surface area contributed by atoms with E-state index in [-0.39, 0.29) is 11.6 Å². The number of likely N-dealkylation sites (tertiary alicyclic amines) is 1. The normalized spacial score (nSPS) is 20.9. The first-order chi connectivity index (χ1) is 15.2. The molecule has 1 aromatic heterocycles. The molecule has 8 nitrogen and oxygen atoms in total. The Morgan fingerprint density at radius 1 is 1.13 bits per heavy atom. The molecule has 2 aliphatic heterocycles. The molecule has 2 saturated heterocycles. The number of hydrogen-bond acceptors (Lipinski definition) is 8. The van der Waals surface area contributed by atoms with Crippen LogP contribution >= 0.6 is 0 Å². The maximum absolute atomic E-state index is 12.1. The third-order valence-electron chi connectivity index (χ3n) is 6.89. The molecule has 8 heteroatoms. The zero-order chi connectivity index (χ0) is 21.7. The highest BCUT2D eigenvalue weighted by Gasteiger charge is 2.38. The van der Waals surface area contributed by atoms with Crippen molar-refractivity contribution >= 4 is 12.1 Å². The maximum Gasteiger partial charge on any atom is 0.151 e. The SMILES string of the molecule is COc1cccc(C2(CN)CCN(C(C=O)N3CCN(c4cnccn4)CC3)CC2)c1. The number of methoxy groups -OCH3 is 1. The number of piperazine rings is 1. The Labute approximate surface area is 184 Å². The summed E-state index contributed by atoms with van der Waals surface area (Å²) in [4.78, 5) is 27.4. The maximum atomic E-state index is 12.1. The molecule has 0 bridgehead atoms. The summed E-state index contributed by atoms with van der Waals surface area (Å²) in [6.07, 6.45) is 7.97. The summed E-state index contributed by atoms with van der Waals surface area (Å²) in [5.41, 5.74) is 7.44. The van der Waals surface area contributed by atoms with Gasteiger partial charge in [-0.25, -0.2) is 4.98 Å². The van der Waals surface area contributed by atoms with Crippen molar-refractivity contribution in [3.05, 3.63) is 48.4 Å². The lowest BCUT2D eigenvalue weighted by atomic mass is 9.72. The van der Waals surface area contributed by atoms with Crippen LogP contribution in [0.15, 0.2) is 42.9 Å². The fraction of sp³-hybridized carbons (Fsp3) is 0.522. The van der Waals surface area contributed by atoms with E-state index in [9.17, 15) is 4.79 Å².